The highest BCUT2D eigenvalue weighted by molar-refractivity contribution is 6.05. The summed E-state index contributed by atoms with van der Waals surface area (Å²) in [5, 5.41) is 11.9. The van der Waals surface area contributed by atoms with Gasteiger partial charge in [0.05, 0.1) is 30.3 Å². The van der Waals surface area contributed by atoms with Crippen molar-refractivity contribution >= 4 is 11.6 Å². The maximum atomic E-state index is 12.9. The SMILES string of the molecule is Cc1cc(C)n(-c2ccccc2NC(=O)c2nn(C)c3c2COCC3)n1. The predicted octanol–water partition coefficient (Wildman–Crippen LogP) is 2.55. The van der Waals surface area contributed by atoms with Crippen LogP contribution in [-0.4, -0.2) is 32.1 Å². The van der Waals surface area contributed by atoms with Crippen LogP contribution in [0, 0.1) is 13.8 Å². The molecule has 0 saturated heterocycles. The minimum Gasteiger partial charge on any atom is -0.376 e. The van der Waals surface area contributed by atoms with Gasteiger partial charge in [-0.2, -0.15) is 10.2 Å². The van der Waals surface area contributed by atoms with Crippen molar-refractivity contribution in [1.82, 2.24) is 19.6 Å². The third-order valence-corrected chi connectivity index (χ3v) is 4.61. The van der Waals surface area contributed by atoms with Gasteiger partial charge in [0.25, 0.3) is 5.91 Å². The third-order valence-electron chi connectivity index (χ3n) is 4.61. The van der Waals surface area contributed by atoms with Crippen molar-refractivity contribution in [2.75, 3.05) is 11.9 Å². The van der Waals surface area contributed by atoms with Crippen LogP contribution in [0.5, 0.6) is 0 Å². The zero-order valence-corrected chi connectivity index (χ0v) is 15.1. The van der Waals surface area contributed by atoms with E-state index < -0.39 is 0 Å². The Bertz CT molecular complexity index is 986. The largest absolute Gasteiger partial charge is 0.376 e. The molecular weight excluding hydrogens is 330 g/mol. The first-order valence-corrected chi connectivity index (χ1v) is 8.61. The van der Waals surface area contributed by atoms with E-state index in [2.05, 4.69) is 15.5 Å². The van der Waals surface area contributed by atoms with Gasteiger partial charge in [-0.25, -0.2) is 4.68 Å². The van der Waals surface area contributed by atoms with E-state index in [-0.39, 0.29) is 5.91 Å². The summed E-state index contributed by atoms with van der Waals surface area (Å²) in [7, 11) is 1.87. The number of rotatable bonds is 3. The van der Waals surface area contributed by atoms with Crippen LogP contribution < -0.4 is 5.32 Å². The first-order valence-electron chi connectivity index (χ1n) is 8.61. The van der Waals surface area contributed by atoms with E-state index in [1.165, 1.54) is 0 Å². The van der Waals surface area contributed by atoms with Crippen LogP contribution in [0.25, 0.3) is 5.69 Å². The number of nitrogens with one attached hydrogen (secondary N) is 1. The predicted molar refractivity (Wildman–Crippen MR) is 97.6 cm³/mol. The first-order chi connectivity index (χ1) is 12.5. The number of fused-ring (bicyclic) bond motifs is 1. The molecular formula is C19H21N5O2. The average Bonchev–Trinajstić information content (AvgIpc) is 3.15. The van der Waals surface area contributed by atoms with Crippen LogP contribution >= 0.6 is 0 Å². The molecule has 1 aliphatic heterocycles. The minimum absolute atomic E-state index is 0.235. The molecule has 0 bridgehead atoms. The van der Waals surface area contributed by atoms with Crippen molar-refractivity contribution in [2.45, 2.75) is 26.9 Å². The van der Waals surface area contributed by atoms with Crippen LogP contribution in [0.2, 0.25) is 0 Å². The second kappa shape index (κ2) is 6.42. The molecule has 0 aliphatic carbocycles. The molecule has 0 spiro atoms. The fourth-order valence-electron chi connectivity index (χ4n) is 3.41. The number of hydrogen-bond acceptors (Lipinski definition) is 4. The molecule has 2 aromatic heterocycles. The van der Waals surface area contributed by atoms with Gasteiger partial charge in [-0.05, 0) is 32.0 Å². The molecule has 1 N–H and O–H groups in total. The summed E-state index contributed by atoms with van der Waals surface area (Å²) >= 11 is 0. The topological polar surface area (TPSA) is 74.0 Å². The Kier molecular flexibility index (Phi) is 4.08. The highest BCUT2D eigenvalue weighted by Crippen LogP contribution is 2.24. The molecule has 1 amide bonds. The molecule has 7 nitrogen and oxygen atoms in total. The Morgan fingerprint density at radius 2 is 2.04 bits per heavy atom. The van der Waals surface area contributed by atoms with Crippen LogP contribution in [0.3, 0.4) is 0 Å². The van der Waals surface area contributed by atoms with Gasteiger partial charge in [0.1, 0.15) is 0 Å². The van der Waals surface area contributed by atoms with Gasteiger partial charge in [0, 0.05) is 30.4 Å². The summed E-state index contributed by atoms with van der Waals surface area (Å²) < 4.78 is 9.13. The standard InChI is InChI=1S/C19H21N5O2/c1-12-10-13(2)24(21-12)17-7-5-4-6-15(17)20-19(25)18-14-11-26-9-8-16(14)23(3)22-18/h4-7,10H,8-9,11H2,1-3H3,(H,20,25). The number of carbonyl (C=O) groups excluding carboxylic acids is 1. The lowest BCUT2D eigenvalue weighted by molar-refractivity contribution is 0.0984. The van der Waals surface area contributed by atoms with Gasteiger partial charge in [0.15, 0.2) is 5.69 Å². The Labute approximate surface area is 151 Å². The summed E-state index contributed by atoms with van der Waals surface area (Å²) in [5.41, 5.74) is 5.82. The maximum Gasteiger partial charge on any atom is 0.276 e. The molecule has 0 radical (unpaired) electrons. The summed E-state index contributed by atoms with van der Waals surface area (Å²) in [6.07, 6.45) is 0.772. The molecule has 0 fully saturated rings. The lowest BCUT2D eigenvalue weighted by atomic mass is 10.1. The van der Waals surface area contributed by atoms with Gasteiger partial charge >= 0.3 is 0 Å². The molecule has 4 rings (SSSR count). The number of ether oxygens (including phenoxy) is 1. The summed E-state index contributed by atoms with van der Waals surface area (Å²) in [6.45, 7) is 5.02. The Morgan fingerprint density at radius 3 is 2.81 bits per heavy atom. The van der Waals surface area contributed by atoms with Gasteiger partial charge in [-0.15, -0.1) is 0 Å². The van der Waals surface area contributed by atoms with E-state index >= 15 is 0 Å². The Hall–Kier alpha value is -2.93. The number of aromatic nitrogens is 4. The number of aryl methyl sites for hydroxylation is 3. The highest BCUT2D eigenvalue weighted by Gasteiger charge is 2.25. The van der Waals surface area contributed by atoms with Crippen LogP contribution in [0.1, 0.15) is 33.1 Å². The fraction of sp³-hybridized carbons (Fsp3) is 0.316. The number of carbonyl (C=O) groups is 1. The third kappa shape index (κ3) is 2.80. The van der Waals surface area contributed by atoms with Crippen LogP contribution in [0.15, 0.2) is 30.3 Å². The molecule has 1 aliphatic rings. The van der Waals surface area contributed by atoms with E-state index in [4.69, 9.17) is 4.74 Å². The van der Waals surface area contributed by atoms with Crippen molar-refractivity contribution in [3.63, 3.8) is 0 Å². The summed E-state index contributed by atoms with van der Waals surface area (Å²) in [6, 6.07) is 9.63. The molecule has 7 heteroatoms. The number of para-hydroxylation sites is 2. The van der Waals surface area contributed by atoms with Gasteiger partial charge in [-0.3, -0.25) is 9.48 Å². The van der Waals surface area contributed by atoms with Crippen molar-refractivity contribution < 1.29 is 9.53 Å². The van der Waals surface area contributed by atoms with Crippen molar-refractivity contribution in [3.05, 3.63) is 58.7 Å². The average molecular weight is 351 g/mol. The Morgan fingerprint density at radius 1 is 1.23 bits per heavy atom. The van der Waals surface area contributed by atoms with Crippen molar-refractivity contribution in [3.8, 4) is 5.69 Å². The van der Waals surface area contributed by atoms with E-state index in [9.17, 15) is 4.79 Å². The fourth-order valence-corrected chi connectivity index (χ4v) is 3.41. The van der Waals surface area contributed by atoms with Gasteiger partial charge < -0.3 is 10.1 Å². The van der Waals surface area contributed by atoms with E-state index in [0.29, 0.717) is 24.6 Å². The molecule has 0 unspecified atom stereocenters. The molecule has 0 saturated carbocycles. The number of benzene rings is 1. The van der Waals surface area contributed by atoms with Crippen LogP contribution in [0.4, 0.5) is 5.69 Å². The summed E-state index contributed by atoms with van der Waals surface area (Å²) in [4.78, 5) is 12.9. The smallest absolute Gasteiger partial charge is 0.276 e. The van der Waals surface area contributed by atoms with Gasteiger partial charge in [0.2, 0.25) is 0 Å². The maximum absolute atomic E-state index is 12.9. The molecule has 1 aromatic carbocycles. The van der Waals surface area contributed by atoms with E-state index in [0.717, 1.165) is 34.8 Å². The minimum atomic E-state index is -0.235. The van der Waals surface area contributed by atoms with Gasteiger partial charge in [-0.1, -0.05) is 12.1 Å². The normalized spacial score (nSPS) is 13.5. The molecule has 134 valence electrons. The number of amides is 1. The van der Waals surface area contributed by atoms with Crippen LogP contribution in [-0.2, 0) is 24.8 Å². The number of nitrogens with zero attached hydrogens (tertiary/aromatic N) is 4. The molecule has 3 heterocycles. The molecule has 0 atom stereocenters. The summed E-state index contributed by atoms with van der Waals surface area (Å²) in [5.74, 6) is -0.235. The van der Waals surface area contributed by atoms with E-state index in [1.54, 1.807) is 4.68 Å². The molecule has 26 heavy (non-hydrogen) atoms. The number of hydrogen-bond donors (Lipinski definition) is 1. The Balaban J connectivity index is 1.69. The van der Waals surface area contributed by atoms with E-state index in [1.807, 2.05) is 55.9 Å². The zero-order chi connectivity index (χ0) is 18.3. The first kappa shape index (κ1) is 16.5. The second-order valence-electron chi connectivity index (χ2n) is 6.51. The lowest BCUT2D eigenvalue weighted by Gasteiger charge is -2.14. The zero-order valence-electron chi connectivity index (χ0n) is 15.1. The highest BCUT2D eigenvalue weighted by atomic mass is 16.5. The number of anilines is 1. The van der Waals surface area contributed by atoms with Crippen molar-refractivity contribution in [1.29, 1.82) is 0 Å². The lowest BCUT2D eigenvalue weighted by Crippen LogP contribution is -2.18. The van der Waals surface area contributed by atoms with Crippen molar-refractivity contribution in [2.24, 2.45) is 7.05 Å². The monoisotopic (exact) mass is 351 g/mol. The molecule has 3 aromatic rings. The second-order valence-corrected chi connectivity index (χ2v) is 6.51. The quantitative estimate of drug-likeness (QED) is 0.787.